The minimum absolute atomic E-state index is 0.107. The summed E-state index contributed by atoms with van der Waals surface area (Å²) in [6.07, 6.45) is 9.99. The third-order valence-corrected chi connectivity index (χ3v) is 4.34. The Morgan fingerprint density at radius 3 is 2.71 bits per heavy atom. The number of benzene rings is 1. The van der Waals surface area contributed by atoms with E-state index in [0.717, 1.165) is 23.2 Å². The molecule has 1 aliphatic carbocycles. The second kappa shape index (κ2) is 8.34. The van der Waals surface area contributed by atoms with E-state index in [-0.39, 0.29) is 6.03 Å². The monoisotopic (exact) mass is 324 g/mol. The van der Waals surface area contributed by atoms with Crippen LogP contribution in [0.25, 0.3) is 11.3 Å². The van der Waals surface area contributed by atoms with Crippen molar-refractivity contribution in [2.75, 3.05) is 6.54 Å². The minimum Gasteiger partial charge on any atom is -0.338 e. The maximum absolute atomic E-state index is 11.9. The van der Waals surface area contributed by atoms with Gasteiger partial charge in [0.05, 0.1) is 5.69 Å². The first-order valence-electron chi connectivity index (χ1n) is 8.59. The lowest BCUT2D eigenvalue weighted by Gasteiger charge is -2.13. The number of hydrogen-bond acceptors (Lipinski definition) is 2. The second-order valence-electron chi connectivity index (χ2n) is 6.13. The van der Waals surface area contributed by atoms with E-state index in [1.54, 1.807) is 6.20 Å². The largest absolute Gasteiger partial charge is 0.338 e. The van der Waals surface area contributed by atoms with Crippen molar-refractivity contribution in [3.63, 3.8) is 0 Å². The van der Waals surface area contributed by atoms with E-state index >= 15 is 0 Å². The Balaban J connectivity index is 1.38. The van der Waals surface area contributed by atoms with Crippen LogP contribution in [0.1, 0.15) is 37.7 Å². The summed E-state index contributed by atoms with van der Waals surface area (Å²) in [7, 11) is 0. The highest BCUT2D eigenvalue weighted by atomic mass is 16.2. The van der Waals surface area contributed by atoms with Gasteiger partial charge in [-0.15, -0.1) is 0 Å². The molecule has 126 valence electrons. The standard InChI is InChI=1S/C19H24N4O/c24-19(20-12-10-15-4-2-1-3-5-15)21-14-16-6-8-17(9-7-16)18-11-13-22-23-18/h4,6-9,11,13H,1-3,5,10,12,14H2,(H,22,23)(H2,20,21,24). The van der Waals surface area contributed by atoms with Gasteiger partial charge in [-0.05, 0) is 49.3 Å². The molecule has 2 amide bonds. The summed E-state index contributed by atoms with van der Waals surface area (Å²) in [6.45, 7) is 1.23. The van der Waals surface area contributed by atoms with Gasteiger partial charge < -0.3 is 10.6 Å². The number of H-pyrrole nitrogens is 1. The Bertz CT molecular complexity index is 674. The SMILES string of the molecule is O=C(NCCC1=CCCCC1)NCc1ccc(-c2ccn[nH]2)cc1. The molecule has 0 spiro atoms. The summed E-state index contributed by atoms with van der Waals surface area (Å²) in [5.41, 5.74) is 4.63. The summed E-state index contributed by atoms with van der Waals surface area (Å²) < 4.78 is 0. The molecule has 1 heterocycles. The molecule has 0 atom stereocenters. The molecule has 5 heteroatoms. The van der Waals surface area contributed by atoms with Crippen LogP contribution in [-0.4, -0.2) is 22.8 Å². The maximum Gasteiger partial charge on any atom is 0.315 e. The van der Waals surface area contributed by atoms with Crippen LogP contribution in [0.4, 0.5) is 4.79 Å². The molecule has 5 nitrogen and oxygen atoms in total. The highest BCUT2D eigenvalue weighted by Crippen LogP contribution is 2.19. The van der Waals surface area contributed by atoms with Crippen LogP contribution in [0.3, 0.4) is 0 Å². The Hall–Kier alpha value is -2.56. The molecule has 0 fully saturated rings. The van der Waals surface area contributed by atoms with Crippen LogP contribution >= 0.6 is 0 Å². The number of aromatic amines is 1. The summed E-state index contributed by atoms with van der Waals surface area (Å²) in [5, 5.41) is 12.7. The topological polar surface area (TPSA) is 69.8 Å². The Morgan fingerprint density at radius 1 is 1.12 bits per heavy atom. The van der Waals surface area contributed by atoms with Gasteiger partial charge in [0.1, 0.15) is 0 Å². The van der Waals surface area contributed by atoms with E-state index in [1.165, 1.54) is 31.3 Å². The Morgan fingerprint density at radius 2 is 2.00 bits per heavy atom. The molecule has 1 aromatic heterocycles. The molecule has 0 saturated heterocycles. The number of aromatic nitrogens is 2. The van der Waals surface area contributed by atoms with Crippen molar-refractivity contribution >= 4 is 6.03 Å². The molecule has 3 N–H and O–H groups in total. The van der Waals surface area contributed by atoms with Crippen LogP contribution in [0, 0.1) is 0 Å². The number of rotatable bonds is 6. The summed E-state index contributed by atoms with van der Waals surface area (Å²) in [6, 6.07) is 9.91. The van der Waals surface area contributed by atoms with E-state index in [1.807, 2.05) is 30.3 Å². The number of carbonyl (C=O) groups excluding carboxylic acids is 1. The average molecular weight is 324 g/mol. The minimum atomic E-state index is -0.107. The number of nitrogens with one attached hydrogen (secondary N) is 3. The van der Waals surface area contributed by atoms with Gasteiger partial charge in [-0.3, -0.25) is 5.10 Å². The third-order valence-electron chi connectivity index (χ3n) is 4.34. The van der Waals surface area contributed by atoms with Crippen LogP contribution in [0.15, 0.2) is 48.2 Å². The lowest BCUT2D eigenvalue weighted by atomic mass is 9.97. The van der Waals surface area contributed by atoms with Crippen molar-refractivity contribution in [2.24, 2.45) is 0 Å². The summed E-state index contributed by atoms with van der Waals surface area (Å²) in [5.74, 6) is 0. The maximum atomic E-state index is 11.9. The van der Waals surface area contributed by atoms with Gasteiger partial charge in [-0.1, -0.05) is 35.9 Å². The average Bonchev–Trinajstić information content (AvgIpc) is 3.16. The first-order valence-corrected chi connectivity index (χ1v) is 8.59. The van der Waals surface area contributed by atoms with Crippen molar-refractivity contribution in [1.82, 2.24) is 20.8 Å². The van der Waals surface area contributed by atoms with Gasteiger partial charge >= 0.3 is 6.03 Å². The first kappa shape index (κ1) is 16.3. The number of hydrogen-bond donors (Lipinski definition) is 3. The predicted octanol–water partition coefficient (Wildman–Crippen LogP) is 3.77. The molecule has 2 aromatic rings. The zero-order valence-electron chi connectivity index (χ0n) is 13.8. The smallest absolute Gasteiger partial charge is 0.315 e. The van der Waals surface area contributed by atoms with Crippen LogP contribution in [-0.2, 0) is 6.54 Å². The van der Waals surface area contributed by atoms with Gasteiger partial charge in [0, 0.05) is 19.3 Å². The van der Waals surface area contributed by atoms with Crippen molar-refractivity contribution in [3.8, 4) is 11.3 Å². The van der Waals surface area contributed by atoms with Crippen LogP contribution in [0.2, 0.25) is 0 Å². The quantitative estimate of drug-likeness (QED) is 0.708. The molecule has 0 saturated carbocycles. The molecule has 0 unspecified atom stereocenters. The molecular weight excluding hydrogens is 300 g/mol. The fourth-order valence-corrected chi connectivity index (χ4v) is 2.93. The van der Waals surface area contributed by atoms with E-state index in [0.29, 0.717) is 13.1 Å². The number of carbonyl (C=O) groups is 1. The van der Waals surface area contributed by atoms with Crippen molar-refractivity contribution in [3.05, 3.63) is 53.7 Å². The fourth-order valence-electron chi connectivity index (χ4n) is 2.93. The lowest BCUT2D eigenvalue weighted by Crippen LogP contribution is -2.35. The molecule has 0 radical (unpaired) electrons. The Kier molecular flexibility index (Phi) is 5.66. The van der Waals surface area contributed by atoms with Crippen molar-refractivity contribution < 1.29 is 4.79 Å². The van der Waals surface area contributed by atoms with Crippen molar-refractivity contribution in [1.29, 1.82) is 0 Å². The molecule has 3 rings (SSSR count). The lowest BCUT2D eigenvalue weighted by molar-refractivity contribution is 0.240. The van der Waals surface area contributed by atoms with E-state index in [4.69, 9.17) is 0 Å². The Labute approximate surface area is 142 Å². The van der Waals surface area contributed by atoms with Crippen LogP contribution < -0.4 is 10.6 Å². The van der Waals surface area contributed by atoms with Crippen LogP contribution in [0.5, 0.6) is 0 Å². The number of amides is 2. The zero-order valence-corrected chi connectivity index (χ0v) is 13.8. The van der Waals surface area contributed by atoms with E-state index in [9.17, 15) is 4.79 Å². The molecule has 24 heavy (non-hydrogen) atoms. The molecule has 0 bridgehead atoms. The van der Waals surface area contributed by atoms with E-state index < -0.39 is 0 Å². The van der Waals surface area contributed by atoms with Gasteiger partial charge in [0.15, 0.2) is 0 Å². The third kappa shape index (κ3) is 4.72. The molecule has 0 aliphatic heterocycles. The second-order valence-corrected chi connectivity index (χ2v) is 6.13. The predicted molar refractivity (Wildman–Crippen MR) is 95.4 cm³/mol. The first-order chi connectivity index (χ1) is 11.8. The fraction of sp³-hybridized carbons (Fsp3) is 0.368. The molecule has 1 aliphatic rings. The van der Waals surface area contributed by atoms with Crippen molar-refractivity contribution in [2.45, 2.75) is 38.6 Å². The zero-order chi connectivity index (χ0) is 16.6. The highest BCUT2D eigenvalue weighted by Gasteiger charge is 2.05. The van der Waals surface area contributed by atoms with Gasteiger partial charge in [-0.2, -0.15) is 5.10 Å². The number of nitrogens with zero attached hydrogens (tertiary/aromatic N) is 1. The normalized spacial score (nSPS) is 14.1. The summed E-state index contributed by atoms with van der Waals surface area (Å²) in [4.78, 5) is 11.9. The van der Waals surface area contributed by atoms with E-state index in [2.05, 4.69) is 26.9 Å². The van der Waals surface area contributed by atoms with Gasteiger partial charge in [0.25, 0.3) is 0 Å². The molecular formula is C19H24N4O. The number of urea groups is 1. The number of allylic oxidation sites excluding steroid dienone is 1. The summed E-state index contributed by atoms with van der Waals surface area (Å²) >= 11 is 0. The molecule has 1 aromatic carbocycles. The highest BCUT2D eigenvalue weighted by molar-refractivity contribution is 5.73. The van der Waals surface area contributed by atoms with Gasteiger partial charge in [0.2, 0.25) is 0 Å². The van der Waals surface area contributed by atoms with Gasteiger partial charge in [-0.25, -0.2) is 4.79 Å².